The number of carbonyl (C=O) groups excluding carboxylic acids is 1. The van der Waals surface area contributed by atoms with Crippen LogP contribution in [0.2, 0.25) is 0 Å². The van der Waals surface area contributed by atoms with Gasteiger partial charge >= 0.3 is 0 Å². The molecule has 0 aliphatic rings. The Morgan fingerprint density at radius 1 is 0.938 bits per heavy atom. The number of aryl methyl sites for hydroxylation is 3. The van der Waals surface area contributed by atoms with Crippen molar-refractivity contribution in [1.29, 1.82) is 0 Å². The monoisotopic (exact) mass is 446 g/mol. The first-order valence-corrected chi connectivity index (χ1v) is 11.2. The number of aromatic nitrogens is 3. The third kappa shape index (κ3) is 4.73. The highest BCUT2D eigenvalue weighted by molar-refractivity contribution is 7.99. The molecule has 1 amide bonds. The topological polar surface area (TPSA) is 59.8 Å². The maximum Gasteiger partial charge on any atom is 0.234 e. The predicted molar refractivity (Wildman–Crippen MR) is 127 cm³/mol. The van der Waals surface area contributed by atoms with Crippen LogP contribution in [-0.2, 0) is 4.79 Å². The van der Waals surface area contributed by atoms with Gasteiger partial charge in [-0.2, -0.15) is 0 Å². The van der Waals surface area contributed by atoms with Crippen LogP contribution in [0.15, 0.2) is 71.9 Å². The highest BCUT2D eigenvalue weighted by Gasteiger charge is 2.18. The molecule has 0 fully saturated rings. The van der Waals surface area contributed by atoms with E-state index in [2.05, 4.69) is 41.5 Å². The van der Waals surface area contributed by atoms with E-state index in [-0.39, 0.29) is 17.5 Å². The molecule has 32 heavy (non-hydrogen) atoms. The molecule has 5 nitrogen and oxygen atoms in total. The van der Waals surface area contributed by atoms with Gasteiger partial charge in [0.1, 0.15) is 5.82 Å². The van der Waals surface area contributed by atoms with Gasteiger partial charge in [-0.3, -0.25) is 9.36 Å². The Morgan fingerprint density at radius 2 is 1.69 bits per heavy atom. The molecular formula is C25H23FN4OS. The van der Waals surface area contributed by atoms with Crippen LogP contribution < -0.4 is 5.32 Å². The molecule has 0 atom stereocenters. The van der Waals surface area contributed by atoms with Crippen molar-refractivity contribution < 1.29 is 9.18 Å². The largest absolute Gasteiger partial charge is 0.325 e. The van der Waals surface area contributed by atoms with Crippen LogP contribution >= 0.6 is 11.8 Å². The molecule has 0 saturated heterocycles. The summed E-state index contributed by atoms with van der Waals surface area (Å²) in [7, 11) is 0. The number of hydrogen-bond acceptors (Lipinski definition) is 4. The molecule has 1 heterocycles. The van der Waals surface area contributed by atoms with Crippen molar-refractivity contribution in [2.24, 2.45) is 0 Å². The Bertz CT molecular complexity index is 1270. The summed E-state index contributed by atoms with van der Waals surface area (Å²) in [4.78, 5) is 12.5. The third-order valence-electron chi connectivity index (χ3n) is 5.20. The van der Waals surface area contributed by atoms with Gasteiger partial charge in [0.15, 0.2) is 11.0 Å². The number of anilines is 1. The zero-order chi connectivity index (χ0) is 22.7. The van der Waals surface area contributed by atoms with Crippen molar-refractivity contribution in [3.8, 4) is 17.1 Å². The van der Waals surface area contributed by atoms with Crippen LogP contribution in [0.1, 0.15) is 16.7 Å². The van der Waals surface area contributed by atoms with Gasteiger partial charge in [-0.25, -0.2) is 4.39 Å². The fourth-order valence-corrected chi connectivity index (χ4v) is 3.98. The lowest BCUT2D eigenvalue weighted by Gasteiger charge is -2.12. The second kappa shape index (κ2) is 9.36. The summed E-state index contributed by atoms with van der Waals surface area (Å²) in [5.41, 5.74) is 5.18. The lowest BCUT2D eigenvalue weighted by molar-refractivity contribution is -0.113. The second-order valence-corrected chi connectivity index (χ2v) is 8.52. The summed E-state index contributed by atoms with van der Waals surface area (Å²) in [6.07, 6.45) is 0. The molecule has 4 rings (SSSR count). The molecule has 1 aromatic heterocycles. The van der Waals surface area contributed by atoms with Crippen molar-refractivity contribution in [2.45, 2.75) is 25.9 Å². The first-order chi connectivity index (χ1) is 15.4. The standard InChI is InChI=1S/C25H23FN4OS/c1-16-10-12-21(13-18(16)3)30-24(19-7-5-4-6-8-19)28-29-25(30)32-15-23(31)27-20-11-9-17(2)22(26)14-20/h4-14H,15H2,1-3H3,(H,27,31). The van der Waals surface area contributed by atoms with E-state index in [0.29, 0.717) is 22.2 Å². The second-order valence-electron chi connectivity index (χ2n) is 7.58. The summed E-state index contributed by atoms with van der Waals surface area (Å²) in [5.74, 6) is 0.233. The summed E-state index contributed by atoms with van der Waals surface area (Å²) in [5, 5.41) is 12.1. The van der Waals surface area contributed by atoms with E-state index in [9.17, 15) is 9.18 Å². The van der Waals surface area contributed by atoms with Crippen LogP contribution in [0.3, 0.4) is 0 Å². The van der Waals surface area contributed by atoms with Gasteiger partial charge < -0.3 is 5.32 Å². The van der Waals surface area contributed by atoms with Gasteiger partial charge in [0, 0.05) is 11.3 Å². The number of hydrogen-bond donors (Lipinski definition) is 1. The molecule has 162 valence electrons. The van der Waals surface area contributed by atoms with Gasteiger partial charge in [0.05, 0.1) is 11.4 Å². The normalized spacial score (nSPS) is 10.9. The number of rotatable bonds is 6. The molecule has 4 aromatic rings. The SMILES string of the molecule is Cc1ccc(-n2c(SCC(=O)Nc3ccc(C)c(F)c3)nnc2-c2ccccc2)cc1C. The molecule has 7 heteroatoms. The van der Waals surface area contributed by atoms with Crippen molar-refractivity contribution >= 4 is 23.4 Å². The molecule has 0 bridgehead atoms. The van der Waals surface area contributed by atoms with Gasteiger partial charge in [0.25, 0.3) is 0 Å². The average Bonchev–Trinajstić information content (AvgIpc) is 3.21. The Morgan fingerprint density at radius 3 is 2.41 bits per heavy atom. The highest BCUT2D eigenvalue weighted by atomic mass is 32.2. The van der Waals surface area contributed by atoms with E-state index in [0.717, 1.165) is 16.8 Å². The zero-order valence-electron chi connectivity index (χ0n) is 18.1. The Hall–Kier alpha value is -3.45. The van der Waals surface area contributed by atoms with E-state index < -0.39 is 0 Å². The molecule has 1 N–H and O–H groups in total. The molecular weight excluding hydrogens is 423 g/mol. The summed E-state index contributed by atoms with van der Waals surface area (Å²) < 4.78 is 15.7. The van der Waals surface area contributed by atoms with Crippen molar-refractivity contribution in [3.05, 3.63) is 89.2 Å². The van der Waals surface area contributed by atoms with Crippen LogP contribution in [0.25, 0.3) is 17.1 Å². The highest BCUT2D eigenvalue weighted by Crippen LogP contribution is 2.29. The van der Waals surface area contributed by atoms with Crippen LogP contribution in [0, 0.1) is 26.6 Å². The molecule has 0 saturated carbocycles. The van der Waals surface area contributed by atoms with E-state index in [1.807, 2.05) is 41.0 Å². The molecule has 0 aliphatic carbocycles. The predicted octanol–water partition coefficient (Wildman–Crippen LogP) is 5.73. The van der Waals surface area contributed by atoms with Crippen LogP contribution in [0.5, 0.6) is 0 Å². The lowest BCUT2D eigenvalue weighted by Crippen LogP contribution is -2.14. The maximum atomic E-state index is 13.8. The molecule has 0 radical (unpaired) electrons. The zero-order valence-corrected chi connectivity index (χ0v) is 18.9. The van der Waals surface area contributed by atoms with E-state index in [4.69, 9.17) is 0 Å². The Labute approximate surface area is 190 Å². The number of halogens is 1. The lowest BCUT2D eigenvalue weighted by atomic mass is 10.1. The van der Waals surface area contributed by atoms with E-state index in [1.165, 1.54) is 23.4 Å². The van der Waals surface area contributed by atoms with Crippen molar-refractivity contribution in [3.63, 3.8) is 0 Å². The number of benzene rings is 3. The molecule has 0 aliphatic heterocycles. The maximum absolute atomic E-state index is 13.8. The molecule has 0 spiro atoms. The van der Waals surface area contributed by atoms with Crippen LogP contribution in [0.4, 0.5) is 10.1 Å². The van der Waals surface area contributed by atoms with Gasteiger partial charge in [-0.05, 0) is 61.7 Å². The third-order valence-corrected chi connectivity index (χ3v) is 6.13. The van der Waals surface area contributed by atoms with Gasteiger partial charge in [-0.15, -0.1) is 10.2 Å². The Balaban J connectivity index is 1.60. The minimum absolute atomic E-state index is 0.118. The first-order valence-electron chi connectivity index (χ1n) is 10.2. The number of amides is 1. The number of nitrogens with zero attached hydrogens (tertiary/aromatic N) is 3. The first kappa shape index (κ1) is 21.8. The average molecular weight is 447 g/mol. The number of thioether (sulfide) groups is 1. The summed E-state index contributed by atoms with van der Waals surface area (Å²) in [6.45, 7) is 5.81. The summed E-state index contributed by atoms with van der Waals surface area (Å²) >= 11 is 1.29. The van der Waals surface area contributed by atoms with E-state index in [1.54, 1.807) is 19.1 Å². The molecule has 3 aromatic carbocycles. The van der Waals surface area contributed by atoms with Crippen molar-refractivity contribution in [1.82, 2.24) is 14.8 Å². The molecule has 0 unspecified atom stereocenters. The summed E-state index contributed by atoms with van der Waals surface area (Å²) in [6, 6.07) is 20.6. The fourth-order valence-electron chi connectivity index (χ4n) is 3.23. The van der Waals surface area contributed by atoms with Gasteiger partial charge in [-0.1, -0.05) is 54.2 Å². The minimum atomic E-state index is -0.350. The van der Waals surface area contributed by atoms with Crippen molar-refractivity contribution in [2.75, 3.05) is 11.1 Å². The smallest absolute Gasteiger partial charge is 0.234 e. The Kier molecular flexibility index (Phi) is 6.37. The quantitative estimate of drug-likeness (QED) is 0.384. The number of carbonyl (C=O) groups is 1. The van der Waals surface area contributed by atoms with E-state index >= 15 is 0 Å². The minimum Gasteiger partial charge on any atom is -0.325 e. The number of nitrogens with one attached hydrogen (secondary N) is 1. The van der Waals surface area contributed by atoms with Crippen LogP contribution in [-0.4, -0.2) is 26.4 Å². The van der Waals surface area contributed by atoms with Gasteiger partial charge in [0.2, 0.25) is 5.91 Å². The fraction of sp³-hybridized carbons (Fsp3) is 0.160.